The molecule has 0 aliphatic rings. The molecule has 1 N–H and O–H groups in total. The Balaban J connectivity index is 2.24. The highest BCUT2D eigenvalue weighted by Gasteiger charge is 2.32. The highest BCUT2D eigenvalue weighted by Crippen LogP contribution is 2.29. The first-order chi connectivity index (χ1) is 11.6. The molecule has 0 spiro atoms. The van der Waals surface area contributed by atoms with E-state index in [-0.39, 0.29) is 5.91 Å². The van der Waals surface area contributed by atoms with Crippen molar-refractivity contribution in [3.05, 3.63) is 84.4 Å². The van der Waals surface area contributed by atoms with E-state index in [1.807, 2.05) is 67.6 Å². The van der Waals surface area contributed by atoms with Gasteiger partial charge in [0.2, 0.25) is 5.91 Å². The number of carbonyl (C=O) groups is 1. The number of hydrogen-bond donors (Lipinski definition) is 1. The molecule has 1 atom stereocenters. The van der Waals surface area contributed by atoms with Gasteiger partial charge in [0.05, 0.1) is 12.1 Å². The lowest BCUT2D eigenvalue weighted by atomic mass is 9.84. The van der Waals surface area contributed by atoms with Crippen molar-refractivity contribution >= 4 is 5.91 Å². The van der Waals surface area contributed by atoms with E-state index < -0.39 is 11.6 Å². The second-order valence-corrected chi connectivity index (χ2v) is 5.94. The molecule has 126 valence electrons. The summed E-state index contributed by atoms with van der Waals surface area (Å²) in [6.45, 7) is 7.94. The quantitative estimate of drug-likeness (QED) is 0.588. The summed E-state index contributed by atoms with van der Waals surface area (Å²) >= 11 is 0. The molecule has 1 unspecified atom stereocenters. The maximum absolute atomic E-state index is 12.6. The van der Waals surface area contributed by atoms with Crippen LogP contribution in [0.3, 0.4) is 0 Å². The zero-order valence-corrected chi connectivity index (χ0v) is 14.4. The predicted molar refractivity (Wildman–Crippen MR) is 97.7 cm³/mol. The summed E-state index contributed by atoms with van der Waals surface area (Å²) in [7, 11) is 0. The van der Waals surface area contributed by atoms with Gasteiger partial charge in [-0.05, 0) is 31.4 Å². The summed E-state index contributed by atoms with van der Waals surface area (Å²) in [6.07, 6.45) is 1.99. The molecule has 0 aliphatic heterocycles. The third-order valence-electron chi connectivity index (χ3n) is 4.13. The topological polar surface area (TPSA) is 38.3 Å². The minimum atomic E-state index is -0.615. The smallest absolute Gasteiger partial charge is 0.249 e. The lowest BCUT2D eigenvalue weighted by Gasteiger charge is -2.33. The van der Waals surface area contributed by atoms with Gasteiger partial charge in [0.15, 0.2) is 0 Å². The number of nitrogens with one attached hydrogen (secondary N) is 1. The maximum Gasteiger partial charge on any atom is 0.249 e. The van der Waals surface area contributed by atoms with Gasteiger partial charge in [-0.3, -0.25) is 4.79 Å². The fraction of sp³-hybridized carbons (Fsp3) is 0.286. The molecule has 2 rings (SSSR count). The third-order valence-corrected chi connectivity index (χ3v) is 4.13. The van der Waals surface area contributed by atoms with Gasteiger partial charge < -0.3 is 10.1 Å². The van der Waals surface area contributed by atoms with E-state index in [2.05, 4.69) is 11.9 Å². The molecule has 0 aliphatic carbocycles. The first-order valence-corrected chi connectivity index (χ1v) is 8.23. The van der Waals surface area contributed by atoms with Crippen molar-refractivity contribution in [3.8, 4) is 0 Å². The number of benzene rings is 2. The average Bonchev–Trinajstić information content (AvgIpc) is 2.63. The summed E-state index contributed by atoms with van der Waals surface area (Å²) in [4.78, 5) is 12.6. The van der Waals surface area contributed by atoms with Crippen LogP contribution >= 0.6 is 0 Å². The van der Waals surface area contributed by atoms with Gasteiger partial charge in [0.25, 0.3) is 0 Å². The van der Waals surface area contributed by atoms with Gasteiger partial charge in [-0.1, -0.05) is 66.7 Å². The van der Waals surface area contributed by atoms with Crippen molar-refractivity contribution in [3.63, 3.8) is 0 Å². The molecular weight excluding hydrogens is 298 g/mol. The first kappa shape index (κ1) is 18.0. The molecule has 24 heavy (non-hydrogen) atoms. The van der Waals surface area contributed by atoms with Crippen LogP contribution in [0.1, 0.15) is 31.4 Å². The number of rotatable bonds is 8. The molecule has 0 radical (unpaired) electrons. The monoisotopic (exact) mass is 323 g/mol. The van der Waals surface area contributed by atoms with E-state index in [1.54, 1.807) is 13.0 Å². The Hall–Kier alpha value is -2.39. The van der Waals surface area contributed by atoms with Gasteiger partial charge >= 0.3 is 0 Å². The fourth-order valence-corrected chi connectivity index (χ4v) is 2.61. The van der Waals surface area contributed by atoms with Crippen LogP contribution in [0.15, 0.2) is 73.3 Å². The van der Waals surface area contributed by atoms with Crippen LogP contribution < -0.4 is 5.32 Å². The van der Waals surface area contributed by atoms with Crippen molar-refractivity contribution in [2.75, 3.05) is 6.61 Å². The zero-order chi connectivity index (χ0) is 17.4. The highest BCUT2D eigenvalue weighted by molar-refractivity contribution is 5.82. The Morgan fingerprint density at radius 2 is 1.62 bits per heavy atom. The Kier molecular flexibility index (Phi) is 6.33. The van der Waals surface area contributed by atoms with Crippen molar-refractivity contribution in [2.45, 2.75) is 31.9 Å². The van der Waals surface area contributed by atoms with Gasteiger partial charge in [0.1, 0.15) is 6.10 Å². The van der Waals surface area contributed by atoms with E-state index in [0.29, 0.717) is 6.61 Å². The molecule has 2 aromatic carbocycles. The summed E-state index contributed by atoms with van der Waals surface area (Å²) in [5.41, 5.74) is 1.45. The maximum atomic E-state index is 12.6. The molecule has 0 bridgehead atoms. The van der Waals surface area contributed by atoms with Crippen molar-refractivity contribution in [2.24, 2.45) is 0 Å². The van der Waals surface area contributed by atoms with E-state index in [4.69, 9.17) is 4.74 Å². The molecule has 2 aromatic rings. The minimum Gasteiger partial charge on any atom is -0.368 e. The second kappa shape index (κ2) is 8.46. The van der Waals surface area contributed by atoms with E-state index in [9.17, 15) is 4.79 Å². The second-order valence-electron chi connectivity index (χ2n) is 5.94. The third kappa shape index (κ3) is 4.33. The molecule has 0 aromatic heterocycles. The van der Waals surface area contributed by atoms with E-state index in [0.717, 1.165) is 17.5 Å². The van der Waals surface area contributed by atoms with Crippen molar-refractivity contribution < 1.29 is 9.53 Å². The van der Waals surface area contributed by atoms with Gasteiger partial charge in [-0.2, -0.15) is 0 Å². The first-order valence-electron chi connectivity index (χ1n) is 8.23. The number of ether oxygens (including phenoxy) is 1. The molecule has 0 fully saturated rings. The molecule has 0 heterocycles. The molecule has 0 saturated carbocycles. The summed E-state index contributed by atoms with van der Waals surface area (Å²) < 4.78 is 5.58. The molecule has 3 heteroatoms. The predicted octanol–water partition coefficient (Wildman–Crippen LogP) is 4.05. The van der Waals surface area contributed by atoms with Crippen LogP contribution in [0.2, 0.25) is 0 Å². The van der Waals surface area contributed by atoms with Crippen molar-refractivity contribution in [1.29, 1.82) is 0 Å². The van der Waals surface area contributed by atoms with Gasteiger partial charge in [-0.25, -0.2) is 0 Å². The Labute approximate surface area is 144 Å². The average molecular weight is 323 g/mol. The lowest BCUT2D eigenvalue weighted by molar-refractivity contribution is -0.133. The Morgan fingerprint density at radius 3 is 2.08 bits per heavy atom. The Morgan fingerprint density at radius 1 is 1.12 bits per heavy atom. The fourth-order valence-electron chi connectivity index (χ4n) is 2.61. The SMILES string of the molecule is C=CCCOC(C)C(=O)NC(C)(c1ccccc1)c1ccccc1. The van der Waals surface area contributed by atoms with Crippen LogP contribution in [0.5, 0.6) is 0 Å². The van der Waals surface area contributed by atoms with E-state index >= 15 is 0 Å². The van der Waals surface area contributed by atoms with Crippen LogP contribution in [-0.4, -0.2) is 18.6 Å². The standard InChI is InChI=1S/C21H25NO2/c1-4-5-16-24-17(2)20(23)22-21(3,18-12-8-6-9-13-18)19-14-10-7-11-15-19/h4,6-15,17H,1,5,16H2,2-3H3,(H,22,23). The van der Waals surface area contributed by atoms with Crippen LogP contribution in [0.4, 0.5) is 0 Å². The molecule has 3 nitrogen and oxygen atoms in total. The normalized spacial score (nSPS) is 12.4. The summed E-state index contributed by atoms with van der Waals surface area (Å²) in [6, 6.07) is 20.0. The number of amides is 1. The minimum absolute atomic E-state index is 0.130. The van der Waals surface area contributed by atoms with Gasteiger partial charge in [-0.15, -0.1) is 6.58 Å². The molecule has 1 amide bonds. The number of carbonyl (C=O) groups excluding carboxylic acids is 1. The van der Waals surface area contributed by atoms with Crippen molar-refractivity contribution in [1.82, 2.24) is 5.32 Å². The largest absolute Gasteiger partial charge is 0.368 e. The summed E-state index contributed by atoms with van der Waals surface area (Å²) in [5.74, 6) is -0.130. The Bertz CT molecular complexity index is 613. The zero-order valence-electron chi connectivity index (χ0n) is 14.4. The van der Waals surface area contributed by atoms with Crippen LogP contribution in [-0.2, 0) is 15.1 Å². The summed E-state index contributed by atoms with van der Waals surface area (Å²) in [5, 5.41) is 3.16. The molecular formula is C21H25NO2. The van der Waals surface area contributed by atoms with Crippen LogP contribution in [0, 0.1) is 0 Å². The lowest BCUT2D eigenvalue weighted by Crippen LogP contribution is -2.48. The number of hydrogen-bond acceptors (Lipinski definition) is 2. The molecule has 0 saturated heterocycles. The van der Waals surface area contributed by atoms with E-state index in [1.165, 1.54) is 0 Å². The van der Waals surface area contributed by atoms with Gasteiger partial charge in [0, 0.05) is 0 Å². The van der Waals surface area contributed by atoms with Crippen LogP contribution in [0.25, 0.3) is 0 Å². The highest BCUT2D eigenvalue weighted by atomic mass is 16.5.